The summed E-state index contributed by atoms with van der Waals surface area (Å²) in [6.45, 7) is 1.44. The number of hydrogen-bond acceptors (Lipinski definition) is 6. The van der Waals surface area contributed by atoms with Crippen molar-refractivity contribution in [1.29, 1.82) is 0 Å². The highest BCUT2D eigenvalue weighted by Crippen LogP contribution is 2.32. The summed E-state index contributed by atoms with van der Waals surface area (Å²) in [5.41, 5.74) is 10.2. The van der Waals surface area contributed by atoms with Gasteiger partial charge in [0.15, 0.2) is 0 Å². The van der Waals surface area contributed by atoms with Crippen LogP contribution in [0.25, 0.3) is 0 Å². The number of carbonyl (C=O) groups is 2. The van der Waals surface area contributed by atoms with E-state index < -0.39 is 6.04 Å². The van der Waals surface area contributed by atoms with E-state index in [9.17, 15) is 14.0 Å². The number of nitrogens with zero attached hydrogens (tertiary/aromatic N) is 1. The molecule has 2 aliphatic heterocycles. The predicted molar refractivity (Wildman–Crippen MR) is 157 cm³/mol. The van der Waals surface area contributed by atoms with Gasteiger partial charge in [0.05, 0.1) is 17.4 Å². The fraction of sp³-hybridized carbons (Fsp3) is 0.355. The van der Waals surface area contributed by atoms with Gasteiger partial charge in [0, 0.05) is 26.7 Å². The van der Waals surface area contributed by atoms with Crippen molar-refractivity contribution in [1.82, 2.24) is 21.7 Å². The molecule has 40 heavy (non-hydrogen) atoms. The molecule has 2 heterocycles. The molecule has 2 saturated heterocycles. The van der Waals surface area contributed by atoms with Crippen molar-refractivity contribution in [3.05, 3.63) is 95.3 Å². The van der Waals surface area contributed by atoms with Gasteiger partial charge < -0.3 is 32.7 Å². The van der Waals surface area contributed by atoms with Crippen LogP contribution in [0.3, 0.4) is 0 Å². The number of halogens is 1. The van der Waals surface area contributed by atoms with E-state index >= 15 is 0 Å². The first-order valence-corrected chi connectivity index (χ1v) is 13.6. The fourth-order valence-electron chi connectivity index (χ4n) is 5.90. The molecule has 9 heteroatoms. The summed E-state index contributed by atoms with van der Waals surface area (Å²) in [5.74, 6) is -0.289. The largest absolute Gasteiger partial charge is 0.397 e. The quantitative estimate of drug-likeness (QED) is 0.273. The monoisotopic (exact) mass is 546 g/mol. The Morgan fingerprint density at radius 3 is 2.52 bits per heavy atom. The van der Waals surface area contributed by atoms with E-state index in [0.29, 0.717) is 50.1 Å². The molecule has 0 saturated carbocycles. The van der Waals surface area contributed by atoms with Crippen molar-refractivity contribution in [2.75, 3.05) is 31.2 Å². The first kappa shape index (κ1) is 29.0. The number of hydrogen-bond donors (Lipinski definition) is 5. The molecule has 212 valence electrons. The van der Waals surface area contributed by atoms with Crippen molar-refractivity contribution in [2.45, 2.75) is 43.8 Å². The molecule has 3 aromatic rings. The van der Waals surface area contributed by atoms with Crippen LogP contribution in [0.1, 0.15) is 35.4 Å². The Morgan fingerprint density at radius 2 is 1.80 bits per heavy atom. The summed E-state index contributed by atoms with van der Waals surface area (Å²) >= 11 is 0. The van der Waals surface area contributed by atoms with Gasteiger partial charge in [0.2, 0.25) is 11.8 Å². The molecule has 0 aromatic heterocycles. The molecule has 2 aliphatic rings. The Labute approximate surface area is 235 Å². The molecule has 4 atom stereocenters. The maximum atomic E-state index is 14.4. The minimum atomic E-state index is -0.610. The second-order valence-corrected chi connectivity index (χ2v) is 10.6. The molecule has 0 bridgehead atoms. The number of nitrogens with one attached hydrogen (secondary N) is 3. The number of nitrogens with two attached hydrogens (primary N) is 1. The van der Waals surface area contributed by atoms with Gasteiger partial charge in [-0.05, 0) is 66.0 Å². The standard InChI is InChI=1S/C31H36FN5O2.H3N/c1-34-27-12-11-20(14-26(27)33)17-36-30(38)29-15-21(13-23-9-5-6-10-25(23)32)19-37(29)31(39)28-16-24(18-35-28)22-7-3-2-4-8-22;/h2-12,14,21,24,28-29,34-35H,13,15-19,33H2,1H3,(H,36,38);1H3/t21-,24-,28-,29+;/m1./s1. The number of amides is 2. The highest BCUT2D eigenvalue weighted by atomic mass is 19.1. The molecular weight excluding hydrogens is 507 g/mol. The van der Waals surface area contributed by atoms with Gasteiger partial charge in [0.1, 0.15) is 11.9 Å². The average Bonchev–Trinajstić information content (AvgIpc) is 3.61. The van der Waals surface area contributed by atoms with Gasteiger partial charge in [-0.3, -0.25) is 9.59 Å². The third kappa shape index (κ3) is 6.43. The van der Waals surface area contributed by atoms with E-state index in [1.54, 1.807) is 24.1 Å². The minimum absolute atomic E-state index is 0. The molecule has 0 spiro atoms. The summed E-state index contributed by atoms with van der Waals surface area (Å²) in [5, 5.41) is 9.43. The first-order valence-electron chi connectivity index (χ1n) is 13.6. The van der Waals surface area contributed by atoms with Crippen molar-refractivity contribution in [2.24, 2.45) is 5.92 Å². The van der Waals surface area contributed by atoms with Gasteiger partial charge in [-0.15, -0.1) is 0 Å². The lowest BCUT2D eigenvalue weighted by Gasteiger charge is -2.27. The number of rotatable bonds is 8. The predicted octanol–water partition coefficient (Wildman–Crippen LogP) is 3.83. The number of anilines is 2. The second-order valence-electron chi connectivity index (χ2n) is 10.6. The second kappa shape index (κ2) is 12.9. The van der Waals surface area contributed by atoms with Crippen LogP contribution in [-0.2, 0) is 22.6 Å². The van der Waals surface area contributed by atoms with Crippen LogP contribution in [0, 0.1) is 11.7 Å². The molecule has 3 aromatic carbocycles. The zero-order chi connectivity index (χ0) is 27.4. The molecular formula is C31H39FN6O2. The molecule has 5 rings (SSSR count). The molecule has 0 aliphatic carbocycles. The number of likely N-dealkylation sites (tertiary alicyclic amines) is 1. The van der Waals surface area contributed by atoms with Crippen LogP contribution in [0.4, 0.5) is 15.8 Å². The zero-order valence-electron chi connectivity index (χ0n) is 22.9. The summed E-state index contributed by atoms with van der Waals surface area (Å²) in [7, 11) is 1.80. The van der Waals surface area contributed by atoms with Crippen LogP contribution >= 0.6 is 0 Å². The lowest BCUT2D eigenvalue weighted by atomic mass is 9.96. The van der Waals surface area contributed by atoms with E-state index in [0.717, 1.165) is 11.3 Å². The normalized spacial score (nSPS) is 22.0. The molecule has 2 fully saturated rings. The SMILES string of the molecule is CNc1ccc(CNC(=O)[C@@H]2C[C@@H](Cc3ccccc3F)CN2C(=O)[C@H]2C[C@@H](c3ccccc3)CN2)cc1N.N. The Balaban J connectivity index is 0.00000370. The first-order chi connectivity index (χ1) is 18.9. The highest BCUT2D eigenvalue weighted by molar-refractivity contribution is 5.90. The van der Waals surface area contributed by atoms with Crippen LogP contribution < -0.4 is 27.8 Å². The molecule has 8 N–H and O–H groups in total. The summed E-state index contributed by atoms with van der Waals surface area (Å²) < 4.78 is 14.4. The lowest BCUT2D eigenvalue weighted by Crippen LogP contribution is -2.51. The summed E-state index contributed by atoms with van der Waals surface area (Å²) in [6.07, 6.45) is 1.65. The Hall–Kier alpha value is -3.95. The van der Waals surface area contributed by atoms with Crippen molar-refractivity contribution in [3.8, 4) is 0 Å². The minimum Gasteiger partial charge on any atom is -0.397 e. The fourth-order valence-corrected chi connectivity index (χ4v) is 5.90. The summed E-state index contributed by atoms with van der Waals surface area (Å²) in [6, 6.07) is 21.6. The summed E-state index contributed by atoms with van der Waals surface area (Å²) in [4.78, 5) is 29.0. The van der Waals surface area contributed by atoms with E-state index in [1.165, 1.54) is 11.6 Å². The van der Waals surface area contributed by atoms with Crippen molar-refractivity contribution in [3.63, 3.8) is 0 Å². The number of benzene rings is 3. The van der Waals surface area contributed by atoms with E-state index in [4.69, 9.17) is 5.73 Å². The lowest BCUT2D eigenvalue weighted by molar-refractivity contribution is -0.139. The maximum Gasteiger partial charge on any atom is 0.243 e. The highest BCUT2D eigenvalue weighted by Gasteiger charge is 2.43. The van der Waals surface area contributed by atoms with Gasteiger partial charge >= 0.3 is 0 Å². The van der Waals surface area contributed by atoms with Crippen molar-refractivity contribution >= 4 is 23.2 Å². The molecule has 2 amide bonds. The smallest absolute Gasteiger partial charge is 0.243 e. The van der Waals surface area contributed by atoms with Gasteiger partial charge in [-0.25, -0.2) is 4.39 Å². The van der Waals surface area contributed by atoms with Crippen molar-refractivity contribution < 1.29 is 14.0 Å². The van der Waals surface area contributed by atoms with E-state index in [2.05, 4.69) is 28.1 Å². The molecule has 0 radical (unpaired) electrons. The maximum absolute atomic E-state index is 14.4. The van der Waals surface area contributed by atoms with Crippen LogP contribution in [0.2, 0.25) is 0 Å². The third-order valence-electron chi connectivity index (χ3n) is 7.99. The Bertz CT molecular complexity index is 1320. The van der Waals surface area contributed by atoms with Gasteiger partial charge in [0.25, 0.3) is 0 Å². The van der Waals surface area contributed by atoms with E-state index in [-0.39, 0.29) is 41.7 Å². The van der Waals surface area contributed by atoms with Crippen LogP contribution in [0.5, 0.6) is 0 Å². The molecule has 8 nitrogen and oxygen atoms in total. The topological polar surface area (TPSA) is 134 Å². The van der Waals surface area contributed by atoms with Crippen LogP contribution in [-0.4, -0.2) is 48.9 Å². The molecule has 0 unspecified atom stereocenters. The van der Waals surface area contributed by atoms with E-state index in [1.807, 2.05) is 42.5 Å². The Kier molecular flexibility index (Phi) is 9.39. The van der Waals surface area contributed by atoms with Crippen LogP contribution in [0.15, 0.2) is 72.8 Å². The number of carbonyl (C=O) groups excluding carboxylic acids is 2. The average molecular weight is 547 g/mol. The van der Waals surface area contributed by atoms with Gasteiger partial charge in [-0.2, -0.15) is 0 Å². The van der Waals surface area contributed by atoms with Gasteiger partial charge in [-0.1, -0.05) is 54.6 Å². The third-order valence-corrected chi connectivity index (χ3v) is 7.99. The number of nitrogen functional groups attached to an aromatic ring is 1. The zero-order valence-corrected chi connectivity index (χ0v) is 22.9. The Morgan fingerprint density at radius 1 is 1.05 bits per heavy atom.